The van der Waals surface area contributed by atoms with Crippen LogP contribution >= 0.6 is 0 Å². The average Bonchev–Trinajstić information content (AvgIpc) is 2.91. The van der Waals surface area contributed by atoms with Crippen molar-refractivity contribution in [3.05, 3.63) is 41.4 Å². The molecule has 8 nitrogen and oxygen atoms in total. The Morgan fingerprint density at radius 2 is 1.85 bits per heavy atom. The molecule has 1 amide bonds. The number of carbonyl (C=O) groups excluding carboxylic acids is 1. The van der Waals surface area contributed by atoms with Gasteiger partial charge in [0.1, 0.15) is 23.2 Å². The Hall–Kier alpha value is -2.69. The van der Waals surface area contributed by atoms with Crippen LogP contribution in [-0.2, 0) is 28.0 Å². The van der Waals surface area contributed by atoms with E-state index in [1.54, 1.807) is 20.8 Å². The molecule has 0 aliphatic rings. The van der Waals surface area contributed by atoms with Gasteiger partial charge in [-0.05, 0) is 12.8 Å². The van der Waals surface area contributed by atoms with E-state index < -0.39 is 33.6 Å². The average molecular weight is 403 g/mol. The van der Waals surface area contributed by atoms with Crippen molar-refractivity contribution in [2.45, 2.75) is 44.9 Å². The third-order valence-corrected chi connectivity index (χ3v) is 4.83. The highest BCUT2D eigenvalue weighted by Gasteiger charge is 2.31. The number of benzene rings is 1. The molecule has 0 fully saturated rings. The monoisotopic (exact) mass is 403 g/mol. The highest BCUT2D eigenvalue weighted by atomic mass is 32.2. The van der Waals surface area contributed by atoms with Crippen molar-refractivity contribution in [3.63, 3.8) is 0 Å². The predicted molar refractivity (Wildman–Crippen MR) is 90.5 cm³/mol. The molecule has 1 heterocycles. The number of nitrogens with zero attached hydrogens (tertiary/aromatic N) is 2. The number of primary amides is 1. The van der Waals surface area contributed by atoms with E-state index in [4.69, 9.17) is 14.7 Å². The first-order valence-corrected chi connectivity index (χ1v) is 9.38. The highest BCUT2D eigenvalue weighted by Crippen LogP contribution is 2.28. The second-order valence-electron chi connectivity index (χ2n) is 5.87. The van der Waals surface area contributed by atoms with E-state index in [1.807, 2.05) is 0 Å². The third kappa shape index (κ3) is 4.73. The molecular formula is C16H19F2N3O5S. The number of hydrogen-bond donors (Lipinski definition) is 1. The highest BCUT2D eigenvalue weighted by molar-refractivity contribution is 7.87. The van der Waals surface area contributed by atoms with Gasteiger partial charge >= 0.3 is 16.2 Å². The van der Waals surface area contributed by atoms with Gasteiger partial charge in [-0.3, -0.25) is 0 Å². The summed E-state index contributed by atoms with van der Waals surface area (Å²) in [7, 11) is -4.49. The van der Waals surface area contributed by atoms with E-state index in [9.17, 15) is 22.0 Å². The lowest BCUT2D eigenvalue weighted by molar-refractivity contribution is 0.145. The topological polar surface area (TPSA) is 114 Å². The van der Waals surface area contributed by atoms with Crippen LogP contribution in [0.2, 0.25) is 0 Å². The molecule has 148 valence electrons. The molecule has 0 bridgehead atoms. The maximum atomic E-state index is 13.3. The molecule has 0 radical (unpaired) electrons. The fraction of sp³-hybridized carbons (Fsp3) is 0.375. The normalized spacial score (nSPS) is 11.6. The van der Waals surface area contributed by atoms with Crippen LogP contribution in [-0.4, -0.2) is 24.1 Å². The summed E-state index contributed by atoms with van der Waals surface area (Å²) in [6.07, 6.45) is -1.04. The number of ether oxygens (including phenoxy) is 1. The van der Waals surface area contributed by atoms with Crippen molar-refractivity contribution in [1.29, 1.82) is 0 Å². The summed E-state index contributed by atoms with van der Waals surface area (Å²) in [6, 6.07) is 2.09. The van der Waals surface area contributed by atoms with Crippen LogP contribution in [0.4, 0.5) is 13.6 Å². The van der Waals surface area contributed by atoms with Gasteiger partial charge in [0.25, 0.3) is 0 Å². The number of aromatic nitrogens is 2. The fourth-order valence-corrected chi connectivity index (χ4v) is 3.93. The van der Waals surface area contributed by atoms with E-state index in [0.29, 0.717) is 6.07 Å². The lowest BCUT2D eigenvalue weighted by atomic mass is 10.1. The zero-order valence-electron chi connectivity index (χ0n) is 14.9. The number of amides is 1. The number of imidazole rings is 1. The van der Waals surface area contributed by atoms with E-state index >= 15 is 0 Å². The molecule has 0 atom stereocenters. The number of nitrogens with two attached hydrogens (primary N) is 1. The van der Waals surface area contributed by atoms with Gasteiger partial charge in [0, 0.05) is 24.7 Å². The number of rotatable bonds is 7. The Labute approximate surface area is 155 Å². The second kappa shape index (κ2) is 7.91. The standard InChI is InChI=1S/C16H19F2N3O5S/c1-4-21-13(8-25-16(19)22)20-14(9(2)3)15(21)27(23,24)26-12-6-10(17)5-11(18)7-12/h5-7,9H,4,8H2,1-3H3,(H2,19,22). The summed E-state index contributed by atoms with van der Waals surface area (Å²) < 4.78 is 63.2. The first kappa shape index (κ1) is 20.6. The van der Waals surface area contributed by atoms with Crippen LogP contribution < -0.4 is 9.92 Å². The summed E-state index contributed by atoms with van der Waals surface area (Å²) in [5.74, 6) is -2.66. The molecule has 0 aliphatic carbocycles. The Morgan fingerprint density at radius 1 is 1.26 bits per heavy atom. The van der Waals surface area contributed by atoms with Crippen LogP contribution in [0.15, 0.2) is 23.2 Å². The molecule has 2 aromatic rings. The second-order valence-corrected chi connectivity index (χ2v) is 7.33. The van der Waals surface area contributed by atoms with Gasteiger partial charge in [-0.1, -0.05) is 13.8 Å². The lowest BCUT2D eigenvalue weighted by Gasteiger charge is -2.13. The van der Waals surface area contributed by atoms with E-state index in [1.165, 1.54) is 4.57 Å². The van der Waals surface area contributed by atoms with Crippen molar-refractivity contribution in [2.24, 2.45) is 5.73 Å². The van der Waals surface area contributed by atoms with E-state index in [-0.39, 0.29) is 35.6 Å². The van der Waals surface area contributed by atoms with Crippen molar-refractivity contribution in [1.82, 2.24) is 9.55 Å². The summed E-state index contributed by atoms with van der Waals surface area (Å²) in [5.41, 5.74) is 5.10. The third-order valence-electron chi connectivity index (χ3n) is 3.51. The number of carbonyl (C=O) groups is 1. The van der Waals surface area contributed by atoms with Crippen molar-refractivity contribution in [2.75, 3.05) is 0 Å². The molecule has 2 N–H and O–H groups in total. The zero-order chi connectivity index (χ0) is 20.4. The molecule has 11 heteroatoms. The first-order chi connectivity index (χ1) is 12.5. The number of hydrogen-bond acceptors (Lipinski definition) is 6. The summed E-state index contributed by atoms with van der Waals surface area (Å²) in [6.45, 7) is 4.89. The quantitative estimate of drug-likeness (QED) is 0.711. The van der Waals surface area contributed by atoms with E-state index in [0.717, 1.165) is 12.1 Å². The molecule has 0 saturated heterocycles. The van der Waals surface area contributed by atoms with Crippen molar-refractivity contribution in [3.8, 4) is 5.75 Å². The van der Waals surface area contributed by atoms with Gasteiger partial charge in [0.2, 0.25) is 0 Å². The molecule has 0 aliphatic heterocycles. The smallest absolute Gasteiger partial charge is 0.404 e. The summed E-state index contributed by atoms with van der Waals surface area (Å²) in [5, 5.41) is -0.285. The van der Waals surface area contributed by atoms with Crippen LogP contribution in [0.1, 0.15) is 38.2 Å². The molecular weight excluding hydrogens is 384 g/mol. The summed E-state index contributed by atoms with van der Waals surface area (Å²) in [4.78, 5) is 15.1. The minimum atomic E-state index is -4.49. The molecule has 0 unspecified atom stereocenters. The van der Waals surface area contributed by atoms with Gasteiger partial charge in [0.15, 0.2) is 11.6 Å². The molecule has 0 spiro atoms. The van der Waals surface area contributed by atoms with Crippen molar-refractivity contribution >= 4 is 16.2 Å². The zero-order valence-corrected chi connectivity index (χ0v) is 15.7. The Balaban J connectivity index is 2.54. The van der Waals surface area contributed by atoms with Crippen LogP contribution in [0.3, 0.4) is 0 Å². The SMILES string of the molecule is CCn1c(COC(N)=O)nc(C(C)C)c1S(=O)(=O)Oc1cc(F)cc(F)c1. The Bertz CT molecular complexity index is 937. The Kier molecular flexibility index (Phi) is 6.04. The first-order valence-electron chi connectivity index (χ1n) is 7.97. The van der Waals surface area contributed by atoms with Gasteiger partial charge in [0.05, 0.1) is 5.69 Å². The fourth-order valence-electron chi connectivity index (χ4n) is 2.46. The van der Waals surface area contributed by atoms with Crippen molar-refractivity contribution < 1.29 is 30.9 Å². The predicted octanol–water partition coefficient (Wildman–Crippen LogP) is 2.67. The molecule has 0 saturated carbocycles. The van der Waals surface area contributed by atoms with Gasteiger partial charge < -0.3 is 19.2 Å². The number of halogens is 2. The van der Waals surface area contributed by atoms with Crippen LogP contribution in [0.5, 0.6) is 5.75 Å². The van der Waals surface area contributed by atoms with Gasteiger partial charge in [-0.25, -0.2) is 18.6 Å². The molecule has 1 aromatic heterocycles. The largest absolute Gasteiger partial charge is 0.442 e. The maximum absolute atomic E-state index is 13.3. The minimum absolute atomic E-state index is 0.146. The molecule has 1 aromatic carbocycles. The van der Waals surface area contributed by atoms with Crippen LogP contribution in [0.25, 0.3) is 0 Å². The Morgan fingerprint density at radius 3 is 2.33 bits per heavy atom. The summed E-state index contributed by atoms with van der Waals surface area (Å²) >= 11 is 0. The van der Waals surface area contributed by atoms with Crippen LogP contribution in [0, 0.1) is 11.6 Å². The van der Waals surface area contributed by atoms with E-state index in [2.05, 4.69) is 4.98 Å². The molecule has 2 rings (SSSR count). The lowest BCUT2D eigenvalue weighted by Crippen LogP contribution is -2.19. The van der Waals surface area contributed by atoms with Gasteiger partial charge in [-0.2, -0.15) is 8.42 Å². The minimum Gasteiger partial charge on any atom is -0.442 e. The molecule has 27 heavy (non-hydrogen) atoms. The van der Waals surface area contributed by atoms with Gasteiger partial charge in [-0.15, -0.1) is 0 Å². The maximum Gasteiger partial charge on any atom is 0.404 e.